The van der Waals surface area contributed by atoms with Crippen LogP contribution in [0.15, 0.2) is 6.07 Å². The number of hydrogen-bond donors (Lipinski definition) is 1. The van der Waals surface area contributed by atoms with Gasteiger partial charge in [0.2, 0.25) is 0 Å². The Morgan fingerprint density at radius 3 is 3.00 bits per heavy atom. The summed E-state index contributed by atoms with van der Waals surface area (Å²) in [5.74, 6) is 1.26. The minimum Gasteiger partial charge on any atom is -0.329 e. The number of hydrogen-bond acceptors (Lipinski definition) is 3. The van der Waals surface area contributed by atoms with Gasteiger partial charge in [-0.3, -0.25) is 4.68 Å². The standard InChI is InChI=1S/C12H21N3S/c1-3-15-11(7-10(2)14-15)8-12(9-13)5-4-6-16-12/h7H,3-6,8-9,13H2,1-2H3. The molecule has 16 heavy (non-hydrogen) atoms. The van der Waals surface area contributed by atoms with Gasteiger partial charge in [-0.25, -0.2) is 0 Å². The maximum absolute atomic E-state index is 5.96. The zero-order valence-corrected chi connectivity index (χ0v) is 11.0. The SMILES string of the molecule is CCn1nc(C)cc1CC1(CN)CCCS1. The maximum atomic E-state index is 5.96. The van der Waals surface area contributed by atoms with Crippen LogP contribution in [0.5, 0.6) is 0 Å². The molecule has 0 radical (unpaired) electrons. The highest BCUT2D eigenvalue weighted by atomic mass is 32.2. The van der Waals surface area contributed by atoms with Crippen LogP contribution in [0.25, 0.3) is 0 Å². The number of nitrogens with two attached hydrogens (primary N) is 1. The second-order valence-electron chi connectivity index (χ2n) is 4.61. The molecule has 2 heterocycles. The molecule has 0 saturated carbocycles. The molecule has 4 heteroatoms. The van der Waals surface area contributed by atoms with Crippen LogP contribution in [0.4, 0.5) is 0 Å². The van der Waals surface area contributed by atoms with E-state index in [1.54, 1.807) is 0 Å². The van der Waals surface area contributed by atoms with Crippen LogP contribution in [0.1, 0.15) is 31.2 Å². The Labute approximate surface area is 102 Å². The molecule has 2 N–H and O–H groups in total. The van der Waals surface area contributed by atoms with Gasteiger partial charge in [0.25, 0.3) is 0 Å². The van der Waals surface area contributed by atoms with Crippen LogP contribution in [0.2, 0.25) is 0 Å². The predicted molar refractivity (Wildman–Crippen MR) is 69.8 cm³/mol. The van der Waals surface area contributed by atoms with Crippen molar-refractivity contribution in [2.45, 2.75) is 44.4 Å². The lowest BCUT2D eigenvalue weighted by molar-refractivity contribution is 0.525. The Hall–Kier alpha value is -0.480. The summed E-state index contributed by atoms with van der Waals surface area (Å²) in [6.07, 6.45) is 3.63. The van der Waals surface area contributed by atoms with Crippen LogP contribution < -0.4 is 5.73 Å². The van der Waals surface area contributed by atoms with E-state index in [2.05, 4.69) is 29.7 Å². The maximum Gasteiger partial charge on any atom is 0.0596 e. The number of aromatic nitrogens is 2. The molecule has 3 nitrogen and oxygen atoms in total. The summed E-state index contributed by atoms with van der Waals surface area (Å²) in [6, 6.07) is 2.21. The molecule has 1 aromatic rings. The highest BCUT2D eigenvalue weighted by Gasteiger charge is 2.34. The first-order valence-electron chi connectivity index (χ1n) is 6.06. The van der Waals surface area contributed by atoms with Crippen molar-refractivity contribution in [2.75, 3.05) is 12.3 Å². The van der Waals surface area contributed by atoms with Crippen LogP contribution in [0.3, 0.4) is 0 Å². The van der Waals surface area contributed by atoms with Crippen molar-refractivity contribution < 1.29 is 0 Å². The molecule has 1 saturated heterocycles. The zero-order chi connectivity index (χ0) is 11.6. The lowest BCUT2D eigenvalue weighted by Crippen LogP contribution is -2.34. The molecule has 1 atom stereocenters. The second kappa shape index (κ2) is 4.80. The largest absolute Gasteiger partial charge is 0.329 e. The molecule has 0 amide bonds. The van der Waals surface area contributed by atoms with Gasteiger partial charge in [-0.2, -0.15) is 16.9 Å². The van der Waals surface area contributed by atoms with Gasteiger partial charge in [0.1, 0.15) is 0 Å². The van der Waals surface area contributed by atoms with Crippen molar-refractivity contribution in [1.82, 2.24) is 9.78 Å². The summed E-state index contributed by atoms with van der Waals surface area (Å²) in [5.41, 5.74) is 8.43. The molecule has 0 aliphatic carbocycles. The summed E-state index contributed by atoms with van der Waals surface area (Å²) in [7, 11) is 0. The molecular weight excluding hydrogens is 218 g/mol. The van der Waals surface area contributed by atoms with E-state index in [0.717, 1.165) is 25.2 Å². The van der Waals surface area contributed by atoms with Crippen molar-refractivity contribution in [3.8, 4) is 0 Å². The summed E-state index contributed by atoms with van der Waals surface area (Å²) >= 11 is 2.05. The van der Waals surface area contributed by atoms with E-state index in [9.17, 15) is 0 Å². The third-order valence-corrected chi connectivity index (χ3v) is 4.97. The zero-order valence-electron chi connectivity index (χ0n) is 10.2. The van der Waals surface area contributed by atoms with Crippen molar-refractivity contribution in [3.63, 3.8) is 0 Å². The van der Waals surface area contributed by atoms with Crippen LogP contribution >= 0.6 is 11.8 Å². The molecule has 2 rings (SSSR count). The number of rotatable bonds is 4. The van der Waals surface area contributed by atoms with Gasteiger partial charge in [-0.05, 0) is 38.5 Å². The summed E-state index contributed by atoms with van der Waals surface area (Å²) < 4.78 is 2.39. The Kier molecular flexibility index (Phi) is 3.60. The molecule has 0 spiro atoms. The van der Waals surface area contributed by atoms with Crippen molar-refractivity contribution in [2.24, 2.45) is 5.73 Å². The molecular formula is C12H21N3S. The lowest BCUT2D eigenvalue weighted by Gasteiger charge is -2.26. The molecule has 1 aliphatic heterocycles. The molecule has 90 valence electrons. The molecule has 0 aromatic carbocycles. The third-order valence-electron chi connectivity index (χ3n) is 3.35. The number of nitrogens with zero attached hydrogens (tertiary/aromatic N) is 2. The Balaban J connectivity index is 2.18. The van der Waals surface area contributed by atoms with Gasteiger partial charge < -0.3 is 5.73 Å². The van der Waals surface area contributed by atoms with Crippen molar-refractivity contribution in [3.05, 3.63) is 17.5 Å². The smallest absolute Gasteiger partial charge is 0.0596 e. The average molecular weight is 239 g/mol. The van der Waals surface area contributed by atoms with E-state index in [0.29, 0.717) is 0 Å². The molecule has 1 unspecified atom stereocenters. The third kappa shape index (κ3) is 2.28. The first-order valence-corrected chi connectivity index (χ1v) is 7.05. The van der Waals surface area contributed by atoms with Gasteiger partial charge in [0.15, 0.2) is 0 Å². The molecule has 1 fully saturated rings. The normalized spacial score (nSPS) is 25.2. The quantitative estimate of drug-likeness (QED) is 0.873. The highest BCUT2D eigenvalue weighted by molar-refractivity contribution is 8.00. The monoisotopic (exact) mass is 239 g/mol. The van der Waals surface area contributed by atoms with Crippen LogP contribution in [0, 0.1) is 6.92 Å². The first-order chi connectivity index (χ1) is 7.69. The Bertz CT molecular complexity index is 353. The highest BCUT2D eigenvalue weighted by Crippen LogP contribution is 2.40. The minimum absolute atomic E-state index is 0.277. The topological polar surface area (TPSA) is 43.8 Å². The number of thioether (sulfide) groups is 1. The Morgan fingerprint density at radius 1 is 1.62 bits per heavy atom. The van der Waals surface area contributed by atoms with Gasteiger partial charge in [0, 0.05) is 30.0 Å². The fraction of sp³-hybridized carbons (Fsp3) is 0.750. The summed E-state index contributed by atoms with van der Waals surface area (Å²) in [5, 5.41) is 4.50. The van der Waals surface area contributed by atoms with Gasteiger partial charge in [-0.1, -0.05) is 0 Å². The van der Waals surface area contributed by atoms with Crippen LogP contribution in [-0.2, 0) is 13.0 Å². The first kappa shape index (κ1) is 12.0. The predicted octanol–water partition coefficient (Wildman–Crippen LogP) is 1.98. The van der Waals surface area contributed by atoms with E-state index in [1.165, 1.54) is 24.3 Å². The van der Waals surface area contributed by atoms with Gasteiger partial charge in [0.05, 0.1) is 5.69 Å². The van der Waals surface area contributed by atoms with Gasteiger partial charge in [-0.15, -0.1) is 0 Å². The Morgan fingerprint density at radius 2 is 2.44 bits per heavy atom. The average Bonchev–Trinajstić information content (AvgIpc) is 2.86. The molecule has 1 aliphatic rings. The van der Waals surface area contributed by atoms with E-state index in [1.807, 2.05) is 11.8 Å². The summed E-state index contributed by atoms with van der Waals surface area (Å²) in [6.45, 7) is 5.94. The fourth-order valence-corrected chi connectivity index (χ4v) is 3.85. The van der Waals surface area contributed by atoms with Crippen LogP contribution in [-0.4, -0.2) is 26.8 Å². The van der Waals surface area contributed by atoms with E-state index < -0.39 is 0 Å². The van der Waals surface area contributed by atoms with E-state index >= 15 is 0 Å². The summed E-state index contributed by atoms with van der Waals surface area (Å²) in [4.78, 5) is 0. The lowest BCUT2D eigenvalue weighted by atomic mass is 9.97. The fourth-order valence-electron chi connectivity index (χ4n) is 2.47. The van der Waals surface area contributed by atoms with Gasteiger partial charge >= 0.3 is 0 Å². The van der Waals surface area contributed by atoms with E-state index in [4.69, 9.17) is 5.73 Å². The van der Waals surface area contributed by atoms with Crippen molar-refractivity contribution >= 4 is 11.8 Å². The van der Waals surface area contributed by atoms with E-state index in [-0.39, 0.29) is 4.75 Å². The van der Waals surface area contributed by atoms with Crippen molar-refractivity contribution in [1.29, 1.82) is 0 Å². The minimum atomic E-state index is 0.277. The second-order valence-corrected chi connectivity index (χ2v) is 6.17. The molecule has 0 bridgehead atoms. The number of aryl methyl sites for hydroxylation is 2. The molecule has 1 aromatic heterocycles.